The van der Waals surface area contributed by atoms with Crippen molar-refractivity contribution in [3.05, 3.63) is 0 Å². The molecule has 8 heteroatoms. The number of hydrogen-bond donors (Lipinski definition) is 3. The normalized spacial score (nSPS) is 19.6. The Morgan fingerprint density at radius 1 is 1.12 bits per heavy atom. The molecule has 0 unspecified atom stereocenters. The van der Waals surface area contributed by atoms with Crippen molar-refractivity contribution in [1.82, 2.24) is 15.5 Å². The highest BCUT2D eigenvalue weighted by molar-refractivity contribution is 5.84. The van der Waals surface area contributed by atoms with E-state index in [-0.39, 0.29) is 31.1 Å². The molecule has 25 heavy (non-hydrogen) atoms. The van der Waals surface area contributed by atoms with Crippen LogP contribution in [0.15, 0.2) is 0 Å². The zero-order valence-electron chi connectivity index (χ0n) is 14.7. The van der Waals surface area contributed by atoms with Crippen LogP contribution in [0.5, 0.6) is 0 Å². The molecule has 0 aromatic rings. The van der Waals surface area contributed by atoms with Crippen LogP contribution >= 0.6 is 0 Å². The fourth-order valence-corrected chi connectivity index (χ4v) is 3.34. The minimum absolute atomic E-state index is 0.0334. The number of likely N-dealkylation sites (tertiary alicyclic amines) is 1. The smallest absolute Gasteiger partial charge is 0.329 e. The molecule has 2 heterocycles. The summed E-state index contributed by atoms with van der Waals surface area (Å²) < 4.78 is 5.25. The van der Waals surface area contributed by atoms with Gasteiger partial charge >= 0.3 is 5.97 Å². The minimum Gasteiger partial charge on any atom is -0.480 e. The van der Waals surface area contributed by atoms with Gasteiger partial charge in [0.15, 0.2) is 0 Å². The second-order valence-corrected chi connectivity index (χ2v) is 6.79. The SMILES string of the molecule is O=C(O)COC1CCN(C(=O)CNC(=O)CCC2CCNCC2)CC1. The molecule has 0 aromatic heterocycles. The van der Waals surface area contributed by atoms with E-state index in [2.05, 4.69) is 10.6 Å². The second-order valence-electron chi connectivity index (χ2n) is 6.79. The van der Waals surface area contributed by atoms with Crippen LogP contribution in [-0.2, 0) is 19.1 Å². The Morgan fingerprint density at radius 2 is 1.80 bits per heavy atom. The summed E-state index contributed by atoms with van der Waals surface area (Å²) in [5.74, 6) is -0.531. The largest absolute Gasteiger partial charge is 0.480 e. The highest BCUT2D eigenvalue weighted by atomic mass is 16.5. The minimum atomic E-state index is -0.981. The van der Waals surface area contributed by atoms with Crippen molar-refractivity contribution in [2.75, 3.05) is 39.3 Å². The van der Waals surface area contributed by atoms with E-state index >= 15 is 0 Å². The Balaban J connectivity index is 1.57. The van der Waals surface area contributed by atoms with Crippen molar-refractivity contribution in [3.63, 3.8) is 0 Å². The average molecular weight is 355 g/mol. The molecule has 2 saturated heterocycles. The molecule has 142 valence electrons. The first kappa shape index (κ1) is 19.7. The van der Waals surface area contributed by atoms with Crippen LogP contribution in [0, 0.1) is 5.92 Å². The van der Waals surface area contributed by atoms with Crippen molar-refractivity contribution in [2.24, 2.45) is 5.92 Å². The number of carboxylic acid groups (broad SMARTS) is 1. The van der Waals surface area contributed by atoms with Crippen LogP contribution in [0.1, 0.15) is 38.5 Å². The third kappa shape index (κ3) is 7.39. The third-order valence-corrected chi connectivity index (χ3v) is 4.91. The van der Waals surface area contributed by atoms with Crippen LogP contribution in [0.2, 0.25) is 0 Å². The Kier molecular flexibility index (Phi) is 8.14. The van der Waals surface area contributed by atoms with Crippen molar-refractivity contribution < 1.29 is 24.2 Å². The number of carbonyl (C=O) groups excluding carboxylic acids is 2. The zero-order valence-corrected chi connectivity index (χ0v) is 14.7. The lowest BCUT2D eigenvalue weighted by atomic mass is 9.93. The fraction of sp³-hybridized carbons (Fsp3) is 0.824. The van der Waals surface area contributed by atoms with E-state index in [0.717, 1.165) is 32.4 Å². The van der Waals surface area contributed by atoms with Gasteiger partial charge in [-0.2, -0.15) is 0 Å². The van der Waals surface area contributed by atoms with Gasteiger partial charge in [0.2, 0.25) is 11.8 Å². The maximum Gasteiger partial charge on any atom is 0.329 e. The van der Waals surface area contributed by atoms with E-state index < -0.39 is 5.97 Å². The molecule has 0 bridgehead atoms. The third-order valence-electron chi connectivity index (χ3n) is 4.91. The summed E-state index contributed by atoms with van der Waals surface area (Å²) in [6, 6.07) is 0. The van der Waals surface area contributed by atoms with E-state index in [1.807, 2.05) is 0 Å². The molecule has 0 aliphatic carbocycles. The Hall–Kier alpha value is -1.67. The maximum atomic E-state index is 12.1. The highest BCUT2D eigenvalue weighted by Gasteiger charge is 2.24. The topological polar surface area (TPSA) is 108 Å². The summed E-state index contributed by atoms with van der Waals surface area (Å²) in [5, 5.41) is 14.6. The number of hydrogen-bond acceptors (Lipinski definition) is 5. The summed E-state index contributed by atoms with van der Waals surface area (Å²) in [6.07, 6.45) is 4.73. The summed E-state index contributed by atoms with van der Waals surface area (Å²) in [6.45, 7) is 2.85. The number of nitrogens with zero attached hydrogens (tertiary/aromatic N) is 1. The number of ether oxygens (including phenoxy) is 1. The lowest BCUT2D eigenvalue weighted by Crippen LogP contribution is -2.45. The molecule has 2 amide bonds. The predicted molar refractivity (Wildman–Crippen MR) is 91.0 cm³/mol. The van der Waals surface area contributed by atoms with Gasteiger partial charge in [-0.15, -0.1) is 0 Å². The van der Waals surface area contributed by atoms with Gasteiger partial charge in [0.05, 0.1) is 12.6 Å². The molecule has 0 spiro atoms. The molecule has 2 aliphatic rings. The first-order chi connectivity index (χ1) is 12.0. The quantitative estimate of drug-likeness (QED) is 0.564. The number of rotatable bonds is 8. The molecule has 2 fully saturated rings. The van der Waals surface area contributed by atoms with Crippen molar-refractivity contribution in [3.8, 4) is 0 Å². The Morgan fingerprint density at radius 3 is 2.44 bits per heavy atom. The standard InChI is InChI=1S/C17H29N3O5/c21-15(2-1-13-3-7-18-8-4-13)19-11-16(22)20-9-5-14(6-10-20)25-12-17(23)24/h13-14,18H,1-12H2,(H,19,21)(H,23,24). The number of carboxylic acids is 1. The molecule has 0 saturated carbocycles. The average Bonchev–Trinajstić information content (AvgIpc) is 2.64. The van der Waals surface area contributed by atoms with Gasteiger partial charge in [0.25, 0.3) is 0 Å². The molecule has 2 rings (SSSR count). The number of piperidine rings is 2. The first-order valence-corrected chi connectivity index (χ1v) is 9.13. The Bertz CT molecular complexity index is 457. The predicted octanol–water partition coefficient (Wildman–Crippen LogP) is -0.0254. The molecule has 2 aliphatic heterocycles. The molecule has 0 radical (unpaired) electrons. The van der Waals surface area contributed by atoms with E-state index in [0.29, 0.717) is 38.3 Å². The summed E-state index contributed by atoms with van der Waals surface area (Å²) in [7, 11) is 0. The Labute approximate surface area is 148 Å². The van der Waals surface area contributed by atoms with Gasteiger partial charge in [-0.25, -0.2) is 4.79 Å². The van der Waals surface area contributed by atoms with E-state index in [1.54, 1.807) is 4.90 Å². The van der Waals surface area contributed by atoms with Crippen LogP contribution in [0.3, 0.4) is 0 Å². The maximum absolute atomic E-state index is 12.1. The lowest BCUT2D eigenvalue weighted by molar-refractivity contribution is -0.146. The van der Waals surface area contributed by atoms with Gasteiger partial charge in [-0.1, -0.05) is 0 Å². The molecular formula is C17H29N3O5. The van der Waals surface area contributed by atoms with Crippen LogP contribution in [-0.4, -0.2) is 73.2 Å². The summed E-state index contributed by atoms with van der Waals surface area (Å²) in [4.78, 5) is 36.2. The molecular weight excluding hydrogens is 326 g/mol. The monoisotopic (exact) mass is 355 g/mol. The lowest BCUT2D eigenvalue weighted by Gasteiger charge is -2.31. The van der Waals surface area contributed by atoms with Gasteiger partial charge in [0, 0.05) is 19.5 Å². The number of nitrogens with one attached hydrogen (secondary N) is 2. The highest BCUT2D eigenvalue weighted by Crippen LogP contribution is 2.17. The number of aliphatic carboxylic acids is 1. The van der Waals surface area contributed by atoms with E-state index in [1.165, 1.54) is 0 Å². The molecule has 0 aromatic carbocycles. The molecule has 8 nitrogen and oxygen atoms in total. The molecule has 0 atom stereocenters. The van der Waals surface area contributed by atoms with Crippen molar-refractivity contribution >= 4 is 17.8 Å². The van der Waals surface area contributed by atoms with Crippen LogP contribution in [0.4, 0.5) is 0 Å². The second kappa shape index (κ2) is 10.4. The van der Waals surface area contributed by atoms with E-state index in [9.17, 15) is 14.4 Å². The van der Waals surface area contributed by atoms with Crippen molar-refractivity contribution in [1.29, 1.82) is 0 Å². The number of amides is 2. The molecule has 3 N–H and O–H groups in total. The first-order valence-electron chi connectivity index (χ1n) is 9.13. The fourth-order valence-electron chi connectivity index (χ4n) is 3.34. The van der Waals surface area contributed by atoms with Gasteiger partial charge < -0.3 is 25.4 Å². The number of carbonyl (C=O) groups is 3. The van der Waals surface area contributed by atoms with Crippen LogP contribution in [0.25, 0.3) is 0 Å². The van der Waals surface area contributed by atoms with Gasteiger partial charge in [-0.05, 0) is 51.1 Å². The van der Waals surface area contributed by atoms with Crippen LogP contribution < -0.4 is 10.6 Å². The van der Waals surface area contributed by atoms with Crippen molar-refractivity contribution in [2.45, 2.75) is 44.6 Å². The zero-order chi connectivity index (χ0) is 18.1. The van der Waals surface area contributed by atoms with Gasteiger partial charge in [0.1, 0.15) is 6.61 Å². The van der Waals surface area contributed by atoms with Gasteiger partial charge in [-0.3, -0.25) is 9.59 Å². The summed E-state index contributed by atoms with van der Waals surface area (Å²) >= 11 is 0. The van der Waals surface area contributed by atoms with E-state index in [4.69, 9.17) is 9.84 Å². The summed E-state index contributed by atoms with van der Waals surface area (Å²) in [5.41, 5.74) is 0.